The molecular formula is C22H14ClF5N4. The van der Waals surface area contributed by atoms with Crippen molar-refractivity contribution in [2.45, 2.75) is 18.6 Å². The first-order valence-corrected chi connectivity index (χ1v) is 10.0. The Morgan fingerprint density at radius 2 is 1.72 bits per heavy atom. The molecule has 0 spiro atoms. The predicted octanol–water partition coefficient (Wildman–Crippen LogP) is 6.06. The number of nitrogens with zero attached hydrogens (tertiary/aromatic N) is 3. The molecule has 10 heteroatoms. The molecular weight excluding hydrogens is 451 g/mol. The van der Waals surface area contributed by atoms with Crippen LogP contribution in [0.5, 0.6) is 0 Å². The number of nitrogens with one attached hydrogen (secondary N) is 1. The molecule has 0 bridgehead atoms. The Labute approximate surface area is 183 Å². The zero-order valence-electron chi connectivity index (χ0n) is 16.2. The van der Waals surface area contributed by atoms with Gasteiger partial charge in [-0.25, -0.2) is 18.7 Å². The van der Waals surface area contributed by atoms with Crippen molar-refractivity contribution < 1.29 is 22.0 Å². The fourth-order valence-corrected chi connectivity index (χ4v) is 4.27. The molecule has 2 aromatic carbocycles. The fourth-order valence-electron chi connectivity index (χ4n) is 4.11. The van der Waals surface area contributed by atoms with Crippen molar-refractivity contribution in [3.8, 4) is 0 Å². The number of H-pyrrole nitrogens is 1. The summed E-state index contributed by atoms with van der Waals surface area (Å²) in [6.07, 6.45) is -2.58. The van der Waals surface area contributed by atoms with Gasteiger partial charge in [-0.05, 0) is 41.8 Å². The average Bonchev–Trinajstić information content (AvgIpc) is 3.11. The van der Waals surface area contributed by atoms with E-state index < -0.39 is 29.4 Å². The molecule has 4 aromatic rings. The molecule has 1 aliphatic heterocycles. The van der Waals surface area contributed by atoms with E-state index in [1.54, 1.807) is 23.1 Å². The van der Waals surface area contributed by atoms with Crippen LogP contribution in [-0.2, 0) is 12.6 Å². The largest absolute Gasteiger partial charge is 0.419 e. The van der Waals surface area contributed by atoms with Crippen LogP contribution in [0.4, 0.5) is 27.9 Å². The van der Waals surface area contributed by atoms with Crippen LogP contribution in [-0.4, -0.2) is 21.5 Å². The lowest BCUT2D eigenvalue weighted by molar-refractivity contribution is -0.138. The minimum Gasteiger partial charge on any atom is -0.356 e. The summed E-state index contributed by atoms with van der Waals surface area (Å²) >= 11 is 5.98. The van der Waals surface area contributed by atoms with Gasteiger partial charge in [-0.15, -0.1) is 0 Å². The molecule has 0 saturated heterocycles. The van der Waals surface area contributed by atoms with Gasteiger partial charge in [0, 0.05) is 35.5 Å². The molecule has 1 unspecified atom stereocenters. The maximum absolute atomic E-state index is 14.0. The first kappa shape index (κ1) is 20.7. The molecule has 0 radical (unpaired) electrons. The van der Waals surface area contributed by atoms with Gasteiger partial charge in [0.1, 0.15) is 11.6 Å². The van der Waals surface area contributed by atoms with Crippen molar-refractivity contribution in [2.24, 2.45) is 0 Å². The molecule has 1 atom stereocenters. The molecule has 164 valence electrons. The predicted molar refractivity (Wildman–Crippen MR) is 110 cm³/mol. The van der Waals surface area contributed by atoms with E-state index >= 15 is 0 Å². The summed E-state index contributed by atoms with van der Waals surface area (Å²) < 4.78 is 66.4. The molecule has 0 fully saturated rings. The van der Waals surface area contributed by atoms with E-state index in [2.05, 4.69) is 15.0 Å². The first-order chi connectivity index (χ1) is 15.2. The van der Waals surface area contributed by atoms with E-state index in [0.717, 1.165) is 23.3 Å². The molecule has 0 amide bonds. The van der Waals surface area contributed by atoms with Crippen molar-refractivity contribution in [2.75, 3.05) is 11.4 Å². The van der Waals surface area contributed by atoms with Crippen molar-refractivity contribution in [1.82, 2.24) is 15.0 Å². The highest BCUT2D eigenvalue weighted by Gasteiger charge is 2.35. The SMILES string of the molecule is Fc1ccc(C2c3[nH]c4cc(F)c(Cl)cc4c3CCN2c2ncc(C(F)(F)F)cn2)cc1. The fraction of sp³-hybridized carbons (Fsp3) is 0.182. The summed E-state index contributed by atoms with van der Waals surface area (Å²) in [5, 5.41) is 0.748. The van der Waals surface area contributed by atoms with E-state index in [1.165, 1.54) is 18.2 Å². The number of rotatable bonds is 2. The molecule has 2 aromatic heterocycles. The van der Waals surface area contributed by atoms with Crippen LogP contribution in [0.2, 0.25) is 5.02 Å². The van der Waals surface area contributed by atoms with Crippen LogP contribution in [0.25, 0.3) is 10.9 Å². The van der Waals surface area contributed by atoms with Gasteiger partial charge < -0.3 is 9.88 Å². The average molecular weight is 465 g/mol. The minimum absolute atomic E-state index is 0.00821. The van der Waals surface area contributed by atoms with Crippen LogP contribution in [0.1, 0.15) is 28.4 Å². The van der Waals surface area contributed by atoms with Gasteiger partial charge in [-0.1, -0.05) is 23.7 Å². The maximum Gasteiger partial charge on any atom is 0.419 e. The standard InChI is InChI=1S/C22H14ClF5N4/c23-16-7-15-14-5-6-32(21-29-9-12(10-30-21)22(26,27)28)20(11-1-3-13(24)4-2-11)19(14)31-18(15)8-17(16)25/h1-4,7-10,20,31H,5-6H2. The quantitative estimate of drug-likeness (QED) is 0.367. The van der Waals surface area contributed by atoms with E-state index in [4.69, 9.17) is 11.6 Å². The molecule has 32 heavy (non-hydrogen) atoms. The highest BCUT2D eigenvalue weighted by atomic mass is 35.5. The molecule has 0 aliphatic carbocycles. The van der Waals surface area contributed by atoms with Crippen LogP contribution < -0.4 is 4.90 Å². The second-order valence-corrected chi connectivity index (χ2v) is 7.90. The number of halogens is 6. The monoisotopic (exact) mass is 464 g/mol. The lowest BCUT2D eigenvalue weighted by Gasteiger charge is -2.36. The molecule has 1 aliphatic rings. The van der Waals surface area contributed by atoms with Crippen molar-refractivity contribution >= 4 is 28.5 Å². The van der Waals surface area contributed by atoms with Gasteiger partial charge in [-0.3, -0.25) is 0 Å². The second kappa shape index (κ2) is 7.44. The highest BCUT2D eigenvalue weighted by molar-refractivity contribution is 6.31. The van der Waals surface area contributed by atoms with E-state index in [9.17, 15) is 22.0 Å². The third-order valence-corrected chi connectivity index (χ3v) is 5.87. The van der Waals surface area contributed by atoms with E-state index in [-0.39, 0.29) is 11.0 Å². The smallest absolute Gasteiger partial charge is 0.356 e. The third kappa shape index (κ3) is 3.46. The number of fused-ring (bicyclic) bond motifs is 3. The lowest BCUT2D eigenvalue weighted by Crippen LogP contribution is -2.37. The topological polar surface area (TPSA) is 44.8 Å². The van der Waals surface area contributed by atoms with Crippen molar-refractivity contribution in [3.05, 3.63) is 87.8 Å². The molecule has 1 N–H and O–H groups in total. The third-order valence-electron chi connectivity index (χ3n) is 5.58. The zero-order chi connectivity index (χ0) is 22.6. The minimum atomic E-state index is -4.55. The highest BCUT2D eigenvalue weighted by Crippen LogP contribution is 2.41. The zero-order valence-corrected chi connectivity index (χ0v) is 17.0. The number of hydrogen-bond donors (Lipinski definition) is 1. The van der Waals surface area contributed by atoms with Gasteiger partial charge in [-0.2, -0.15) is 13.2 Å². The first-order valence-electron chi connectivity index (χ1n) is 9.63. The Kier molecular flexibility index (Phi) is 4.81. The summed E-state index contributed by atoms with van der Waals surface area (Å²) in [6.45, 7) is 0.377. The lowest BCUT2D eigenvalue weighted by atomic mass is 9.92. The molecule has 4 nitrogen and oxygen atoms in total. The van der Waals surface area contributed by atoms with Crippen molar-refractivity contribution in [1.29, 1.82) is 0 Å². The normalized spacial score (nSPS) is 16.4. The summed E-state index contributed by atoms with van der Waals surface area (Å²) in [5.41, 5.74) is 1.86. The van der Waals surface area contributed by atoms with Gasteiger partial charge in [0.15, 0.2) is 0 Å². The Balaban J connectivity index is 1.66. The molecule has 3 heterocycles. The number of aromatic amines is 1. The number of benzene rings is 2. The second-order valence-electron chi connectivity index (χ2n) is 7.50. The van der Waals surface area contributed by atoms with Gasteiger partial charge in [0.25, 0.3) is 0 Å². The van der Waals surface area contributed by atoms with E-state index in [0.29, 0.717) is 29.7 Å². The van der Waals surface area contributed by atoms with E-state index in [1.807, 2.05) is 0 Å². The number of aromatic nitrogens is 3. The van der Waals surface area contributed by atoms with Crippen molar-refractivity contribution in [3.63, 3.8) is 0 Å². The number of hydrogen-bond acceptors (Lipinski definition) is 3. The van der Waals surface area contributed by atoms with Crippen LogP contribution in [0.3, 0.4) is 0 Å². The maximum atomic E-state index is 14.0. The summed E-state index contributed by atoms with van der Waals surface area (Å²) in [6, 6.07) is 8.08. The van der Waals surface area contributed by atoms with Gasteiger partial charge >= 0.3 is 6.18 Å². The van der Waals surface area contributed by atoms with Crippen LogP contribution >= 0.6 is 11.6 Å². The Hall–Kier alpha value is -3.20. The Bertz CT molecular complexity index is 1300. The molecule has 0 saturated carbocycles. The Morgan fingerprint density at radius 1 is 1.03 bits per heavy atom. The van der Waals surface area contributed by atoms with Gasteiger partial charge in [0.05, 0.1) is 16.6 Å². The van der Waals surface area contributed by atoms with Crippen LogP contribution in [0, 0.1) is 11.6 Å². The summed E-state index contributed by atoms with van der Waals surface area (Å²) in [5.74, 6) is -0.896. The van der Waals surface area contributed by atoms with Crippen LogP contribution in [0.15, 0.2) is 48.8 Å². The van der Waals surface area contributed by atoms with Gasteiger partial charge in [0.2, 0.25) is 5.95 Å². The number of alkyl halides is 3. The summed E-state index contributed by atoms with van der Waals surface area (Å²) in [7, 11) is 0. The molecule has 5 rings (SSSR count). The Morgan fingerprint density at radius 3 is 2.38 bits per heavy atom. The summed E-state index contributed by atoms with van der Waals surface area (Å²) in [4.78, 5) is 12.8. The number of anilines is 1.